The van der Waals surface area contributed by atoms with Gasteiger partial charge >= 0.3 is 0 Å². The van der Waals surface area contributed by atoms with Gasteiger partial charge in [-0.15, -0.1) is 20.4 Å². The lowest BCUT2D eigenvalue weighted by Crippen LogP contribution is -2.16. The van der Waals surface area contributed by atoms with Gasteiger partial charge in [-0.3, -0.25) is 0 Å². The van der Waals surface area contributed by atoms with Gasteiger partial charge in [0.05, 0.1) is 11.4 Å². The highest BCUT2D eigenvalue weighted by Gasteiger charge is 2.24. The molecule has 0 amide bonds. The molecule has 1 aromatic carbocycles. The fourth-order valence-electron chi connectivity index (χ4n) is 3.94. The quantitative estimate of drug-likeness (QED) is 0.159. The summed E-state index contributed by atoms with van der Waals surface area (Å²) in [7, 11) is 0. The van der Waals surface area contributed by atoms with E-state index in [0.717, 1.165) is 23.3 Å². The molecular formula is C26H38N8OS. The third-order valence-electron chi connectivity index (χ3n) is 6.04. The van der Waals surface area contributed by atoms with Crippen LogP contribution in [0.1, 0.15) is 88.6 Å². The Hall–Kier alpha value is -2.85. The van der Waals surface area contributed by atoms with Gasteiger partial charge in [-0.05, 0) is 23.6 Å². The van der Waals surface area contributed by atoms with E-state index in [4.69, 9.17) is 0 Å². The molecule has 36 heavy (non-hydrogen) atoms. The second kappa shape index (κ2) is 16.0. The van der Waals surface area contributed by atoms with E-state index in [2.05, 4.69) is 73.3 Å². The average Bonchev–Trinajstić information content (AvgIpc) is 3.63. The maximum absolute atomic E-state index is 11.4. The molecule has 2 aromatic heterocycles. The van der Waals surface area contributed by atoms with E-state index in [1.165, 1.54) is 44.9 Å². The molecule has 194 valence electrons. The molecule has 3 aromatic rings. The Bertz CT molecular complexity index is 1020. The van der Waals surface area contributed by atoms with Gasteiger partial charge in [0.15, 0.2) is 5.82 Å². The van der Waals surface area contributed by atoms with Crippen LogP contribution in [0.25, 0.3) is 11.4 Å². The molecule has 0 aliphatic rings. The second-order valence-electron chi connectivity index (χ2n) is 8.96. The molecule has 0 spiro atoms. The van der Waals surface area contributed by atoms with E-state index >= 15 is 0 Å². The molecule has 10 heteroatoms. The predicted octanol–water partition coefficient (Wildman–Crippen LogP) is 5.57. The summed E-state index contributed by atoms with van der Waals surface area (Å²) in [6.45, 7) is 4.31. The maximum atomic E-state index is 11.4. The van der Waals surface area contributed by atoms with Crippen molar-refractivity contribution in [1.82, 2.24) is 41.2 Å². The van der Waals surface area contributed by atoms with E-state index in [0.29, 0.717) is 11.6 Å². The molecule has 0 saturated heterocycles. The van der Waals surface area contributed by atoms with Crippen molar-refractivity contribution >= 4 is 11.8 Å². The number of aliphatic hydroxyl groups excluding tert-OH is 1. The summed E-state index contributed by atoms with van der Waals surface area (Å²) in [5.74, 6) is 1.96. The first kappa shape index (κ1) is 27.7. The molecule has 0 bridgehead atoms. The highest BCUT2D eigenvalue weighted by Crippen LogP contribution is 2.34. The summed E-state index contributed by atoms with van der Waals surface area (Å²) < 4.78 is 0. The zero-order valence-electron chi connectivity index (χ0n) is 21.3. The van der Waals surface area contributed by atoms with Crippen LogP contribution in [0.3, 0.4) is 0 Å². The van der Waals surface area contributed by atoms with Crippen LogP contribution in [0, 0.1) is 0 Å². The molecule has 0 fully saturated rings. The minimum atomic E-state index is -0.755. The minimum absolute atomic E-state index is 0.0946. The largest absolute Gasteiger partial charge is 0.387 e. The number of allylic oxidation sites excluding steroid dienone is 3. The van der Waals surface area contributed by atoms with Crippen molar-refractivity contribution in [3.63, 3.8) is 0 Å². The number of aromatic nitrogens is 8. The number of benzene rings is 1. The van der Waals surface area contributed by atoms with Gasteiger partial charge in [0.2, 0.25) is 5.82 Å². The molecule has 0 aliphatic carbocycles. The van der Waals surface area contributed by atoms with Crippen molar-refractivity contribution in [3.05, 3.63) is 60.0 Å². The van der Waals surface area contributed by atoms with Crippen molar-refractivity contribution < 1.29 is 5.11 Å². The van der Waals surface area contributed by atoms with Gasteiger partial charge in [0, 0.05) is 17.2 Å². The number of aliphatic hydroxyl groups is 1. The normalized spacial score (nSPS) is 14.5. The lowest BCUT2D eigenvalue weighted by Gasteiger charge is -2.22. The second-order valence-corrected chi connectivity index (χ2v) is 10.2. The van der Waals surface area contributed by atoms with Crippen LogP contribution in [0.15, 0.2) is 48.6 Å². The number of hydrogen-bond donors (Lipinski definition) is 3. The summed E-state index contributed by atoms with van der Waals surface area (Å²) in [6.07, 6.45) is 17.9. The molecule has 0 saturated carbocycles. The molecule has 3 N–H and O–H groups in total. The van der Waals surface area contributed by atoms with Crippen LogP contribution < -0.4 is 0 Å². The number of rotatable bonds is 17. The Morgan fingerprint density at radius 1 is 0.944 bits per heavy atom. The molecular weight excluding hydrogens is 472 g/mol. The summed E-state index contributed by atoms with van der Waals surface area (Å²) in [5.41, 5.74) is 1.53. The van der Waals surface area contributed by atoms with Gasteiger partial charge in [-0.1, -0.05) is 106 Å². The van der Waals surface area contributed by atoms with Gasteiger partial charge in [-0.2, -0.15) is 22.2 Å². The summed E-state index contributed by atoms with van der Waals surface area (Å²) >= 11 is 1.66. The smallest absolute Gasteiger partial charge is 0.205 e. The van der Waals surface area contributed by atoms with E-state index in [1.807, 2.05) is 30.3 Å². The highest BCUT2D eigenvalue weighted by molar-refractivity contribution is 8.00. The van der Waals surface area contributed by atoms with E-state index < -0.39 is 6.10 Å². The topological polar surface area (TPSA) is 129 Å². The first-order valence-corrected chi connectivity index (χ1v) is 13.9. The fraction of sp³-hybridized carbons (Fsp3) is 0.538. The van der Waals surface area contributed by atoms with E-state index in [-0.39, 0.29) is 11.2 Å². The Kier molecular flexibility index (Phi) is 12.3. The summed E-state index contributed by atoms with van der Waals surface area (Å²) in [4.78, 5) is 0. The molecule has 3 rings (SSSR count). The lowest BCUT2D eigenvalue weighted by molar-refractivity contribution is 0.187. The van der Waals surface area contributed by atoms with Crippen LogP contribution in [0.5, 0.6) is 0 Å². The zero-order valence-corrected chi connectivity index (χ0v) is 22.1. The molecule has 2 heterocycles. The van der Waals surface area contributed by atoms with Gasteiger partial charge in [0.1, 0.15) is 0 Å². The van der Waals surface area contributed by atoms with Crippen molar-refractivity contribution in [2.24, 2.45) is 0 Å². The van der Waals surface area contributed by atoms with Crippen LogP contribution in [0.4, 0.5) is 0 Å². The summed E-state index contributed by atoms with van der Waals surface area (Å²) in [6, 6.07) is 7.64. The average molecular weight is 511 g/mol. The summed E-state index contributed by atoms with van der Waals surface area (Å²) in [5, 5.41) is 40.0. The molecule has 1 unspecified atom stereocenters. The van der Waals surface area contributed by atoms with Gasteiger partial charge < -0.3 is 5.11 Å². The first-order chi connectivity index (χ1) is 17.7. The SMILES string of the molecule is CCCCCCCCC/C=C\C=C\[C@@H](SCC(C)c1nn[nH]n1)[C@@H](O)c1ccccc1-c1nn[nH]n1. The predicted molar refractivity (Wildman–Crippen MR) is 144 cm³/mol. The number of unbranched alkanes of at least 4 members (excludes halogenated alkanes) is 7. The van der Waals surface area contributed by atoms with Crippen molar-refractivity contribution in [1.29, 1.82) is 0 Å². The number of H-pyrrole nitrogens is 2. The zero-order chi connectivity index (χ0) is 25.4. The Morgan fingerprint density at radius 2 is 1.69 bits per heavy atom. The number of tetrazole rings is 2. The van der Waals surface area contributed by atoms with Crippen molar-refractivity contribution in [2.45, 2.75) is 82.5 Å². The monoisotopic (exact) mass is 510 g/mol. The van der Waals surface area contributed by atoms with Gasteiger partial charge in [0.25, 0.3) is 0 Å². The number of nitrogens with one attached hydrogen (secondary N) is 2. The first-order valence-electron chi connectivity index (χ1n) is 12.9. The number of nitrogens with zero attached hydrogens (tertiary/aromatic N) is 6. The highest BCUT2D eigenvalue weighted by atomic mass is 32.2. The standard InChI is InChI=1S/C26H38N8OS/c1-3-4-5-6-7-8-9-10-11-12-13-18-23(36-19-20(2)25-27-31-32-28-25)24(35)21-16-14-15-17-22(21)26-29-33-34-30-26/h11-18,20,23-24,35H,3-10,19H2,1-2H3,(H,27,28,31,32)(H,29,30,33,34)/b12-11-,18-13+/t20?,23-,24+/m1/s1. The van der Waals surface area contributed by atoms with Crippen molar-refractivity contribution in [3.8, 4) is 11.4 Å². The Balaban J connectivity index is 1.61. The third-order valence-corrected chi connectivity index (χ3v) is 7.53. The van der Waals surface area contributed by atoms with Gasteiger partial charge in [-0.25, -0.2) is 0 Å². The number of thioether (sulfide) groups is 1. The number of hydrogen-bond acceptors (Lipinski definition) is 8. The molecule has 9 nitrogen and oxygen atoms in total. The fourth-order valence-corrected chi connectivity index (χ4v) is 5.13. The minimum Gasteiger partial charge on any atom is -0.387 e. The van der Waals surface area contributed by atoms with Crippen LogP contribution in [-0.4, -0.2) is 57.4 Å². The van der Waals surface area contributed by atoms with Crippen molar-refractivity contribution in [2.75, 3.05) is 5.75 Å². The van der Waals surface area contributed by atoms with Crippen LogP contribution in [0.2, 0.25) is 0 Å². The third kappa shape index (κ3) is 8.98. The number of aromatic amines is 2. The lowest BCUT2D eigenvalue weighted by atomic mass is 9.99. The molecule has 0 radical (unpaired) electrons. The van der Waals surface area contributed by atoms with E-state index in [1.54, 1.807) is 11.8 Å². The molecule has 0 aliphatic heterocycles. The van der Waals surface area contributed by atoms with Crippen LogP contribution >= 0.6 is 11.8 Å². The molecule has 3 atom stereocenters. The Morgan fingerprint density at radius 3 is 2.44 bits per heavy atom. The maximum Gasteiger partial charge on any atom is 0.205 e. The Labute approximate surface area is 217 Å². The van der Waals surface area contributed by atoms with E-state index in [9.17, 15) is 5.11 Å². The van der Waals surface area contributed by atoms with Crippen LogP contribution in [-0.2, 0) is 0 Å².